The quantitative estimate of drug-likeness (QED) is 0.503. The number of thiophene rings is 1. The van der Waals surface area contributed by atoms with Crippen LogP contribution >= 0.6 is 11.3 Å². The summed E-state index contributed by atoms with van der Waals surface area (Å²) in [5.74, 6) is 0. The van der Waals surface area contributed by atoms with Gasteiger partial charge in [-0.3, -0.25) is 0 Å². The Hall–Kier alpha value is -0.890. The van der Waals surface area contributed by atoms with Crippen LogP contribution < -0.4 is 4.57 Å². The summed E-state index contributed by atoms with van der Waals surface area (Å²) in [6.07, 6.45) is 3.98. The zero-order chi connectivity index (χ0) is 6.97. The van der Waals surface area contributed by atoms with Gasteiger partial charge in [-0.15, -0.1) is 11.3 Å². The standard InChI is InChI=1S/C8H7NS/c1-9-4-2-8-7(6-9)3-5-10-8/h2-6H,1H2/q+1. The highest BCUT2D eigenvalue weighted by molar-refractivity contribution is 7.17. The SMILES string of the molecule is [CH2][n+]1ccc2sccc2c1. The van der Waals surface area contributed by atoms with Gasteiger partial charge in [-0.1, -0.05) is 0 Å². The predicted molar refractivity (Wildman–Crippen MR) is 42.8 cm³/mol. The highest BCUT2D eigenvalue weighted by Gasteiger charge is 1.97. The van der Waals surface area contributed by atoms with Crippen molar-refractivity contribution >= 4 is 21.4 Å². The van der Waals surface area contributed by atoms with E-state index in [9.17, 15) is 0 Å². The minimum Gasteiger partial charge on any atom is -0.198 e. The lowest BCUT2D eigenvalue weighted by molar-refractivity contribution is -0.610. The summed E-state index contributed by atoms with van der Waals surface area (Å²) in [6.45, 7) is 0. The molecule has 0 aliphatic heterocycles. The summed E-state index contributed by atoms with van der Waals surface area (Å²) in [7, 11) is 3.77. The van der Waals surface area contributed by atoms with Crippen LogP contribution in [0.2, 0.25) is 0 Å². The van der Waals surface area contributed by atoms with Crippen LogP contribution in [0.5, 0.6) is 0 Å². The van der Waals surface area contributed by atoms with E-state index in [2.05, 4.69) is 24.6 Å². The molecule has 0 saturated carbocycles. The summed E-state index contributed by atoms with van der Waals surface area (Å²) in [5.41, 5.74) is 0. The minimum atomic E-state index is 1.27. The summed E-state index contributed by atoms with van der Waals surface area (Å²) in [4.78, 5) is 0. The number of hydrogen-bond donors (Lipinski definition) is 0. The first-order valence-electron chi connectivity index (χ1n) is 3.06. The lowest BCUT2D eigenvalue weighted by Gasteiger charge is -1.84. The first-order chi connectivity index (χ1) is 4.86. The van der Waals surface area contributed by atoms with Crippen molar-refractivity contribution in [3.05, 3.63) is 37.0 Å². The van der Waals surface area contributed by atoms with Crippen molar-refractivity contribution < 1.29 is 4.57 Å². The molecular formula is C8H7NS+. The second-order valence-corrected chi connectivity index (χ2v) is 3.15. The van der Waals surface area contributed by atoms with Crippen molar-refractivity contribution in [2.75, 3.05) is 0 Å². The van der Waals surface area contributed by atoms with Gasteiger partial charge in [0.25, 0.3) is 0 Å². The van der Waals surface area contributed by atoms with Crippen molar-refractivity contribution in [3.8, 4) is 0 Å². The summed E-state index contributed by atoms with van der Waals surface area (Å²) in [6, 6.07) is 4.18. The number of rotatable bonds is 0. The Morgan fingerprint density at radius 2 is 2.30 bits per heavy atom. The zero-order valence-electron chi connectivity index (χ0n) is 5.45. The fourth-order valence-corrected chi connectivity index (χ4v) is 1.72. The van der Waals surface area contributed by atoms with E-state index >= 15 is 0 Å². The normalized spacial score (nSPS) is 10.5. The molecular weight excluding hydrogens is 142 g/mol. The highest BCUT2D eigenvalue weighted by Crippen LogP contribution is 2.17. The third kappa shape index (κ3) is 0.809. The van der Waals surface area contributed by atoms with Crippen LogP contribution in [0.15, 0.2) is 29.9 Å². The monoisotopic (exact) mass is 149 g/mol. The smallest absolute Gasteiger partial charge is 0.198 e. The second kappa shape index (κ2) is 2.06. The van der Waals surface area contributed by atoms with E-state index < -0.39 is 0 Å². The van der Waals surface area contributed by atoms with Crippen molar-refractivity contribution in [2.24, 2.45) is 0 Å². The van der Waals surface area contributed by atoms with Gasteiger partial charge in [0.2, 0.25) is 7.05 Å². The number of fused-ring (bicyclic) bond motifs is 1. The molecule has 0 spiro atoms. The zero-order valence-corrected chi connectivity index (χ0v) is 6.27. The summed E-state index contributed by atoms with van der Waals surface area (Å²) >= 11 is 1.75. The molecule has 0 aromatic carbocycles. The van der Waals surface area contributed by atoms with E-state index in [0.29, 0.717) is 0 Å². The molecule has 0 aliphatic rings. The number of hydrogen-bond acceptors (Lipinski definition) is 1. The lowest BCUT2D eigenvalue weighted by Crippen LogP contribution is -2.22. The van der Waals surface area contributed by atoms with Gasteiger partial charge in [-0.2, -0.15) is 4.57 Å². The van der Waals surface area contributed by atoms with Crippen molar-refractivity contribution in [2.45, 2.75) is 0 Å². The molecule has 0 N–H and O–H groups in total. The third-order valence-corrected chi connectivity index (χ3v) is 2.35. The summed E-state index contributed by atoms with van der Waals surface area (Å²) < 4.78 is 3.13. The maximum Gasteiger partial charge on any atom is 0.206 e. The van der Waals surface area contributed by atoms with Crippen LogP contribution in [0.25, 0.3) is 10.1 Å². The van der Waals surface area contributed by atoms with E-state index in [0.717, 1.165) is 0 Å². The molecule has 0 atom stereocenters. The van der Waals surface area contributed by atoms with E-state index in [-0.39, 0.29) is 0 Å². The molecule has 2 heterocycles. The first-order valence-corrected chi connectivity index (χ1v) is 3.93. The molecule has 1 radical (unpaired) electrons. The Labute approximate surface area is 63.5 Å². The molecule has 2 rings (SSSR count). The van der Waals surface area contributed by atoms with Gasteiger partial charge in [0.05, 0.1) is 5.39 Å². The molecule has 10 heavy (non-hydrogen) atoms. The number of nitrogens with zero attached hydrogens (tertiary/aromatic N) is 1. The van der Waals surface area contributed by atoms with Gasteiger partial charge in [0.1, 0.15) is 0 Å². The second-order valence-electron chi connectivity index (χ2n) is 2.20. The van der Waals surface area contributed by atoms with Crippen molar-refractivity contribution in [1.29, 1.82) is 0 Å². The van der Waals surface area contributed by atoms with Crippen LogP contribution in [-0.4, -0.2) is 0 Å². The lowest BCUT2D eigenvalue weighted by atomic mass is 10.3. The van der Waals surface area contributed by atoms with Gasteiger partial charge < -0.3 is 0 Å². The molecule has 0 bridgehead atoms. The van der Waals surface area contributed by atoms with E-state index in [1.165, 1.54) is 10.1 Å². The minimum absolute atomic E-state index is 1.27. The summed E-state index contributed by atoms with van der Waals surface area (Å²) in [5, 5.41) is 3.35. The predicted octanol–water partition coefficient (Wildman–Crippen LogP) is 1.83. The number of pyridine rings is 1. The van der Waals surface area contributed by atoms with Crippen LogP contribution in [-0.2, 0) is 0 Å². The highest BCUT2D eigenvalue weighted by atomic mass is 32.1. The fraction of sp³-hybridized carbons (Fsp3) is 0. The van der Waals surface area contributed by atoms with Gasteiger partial charge in [0, 0.05) is 10.8 Å². The van der Waals surface area contributed by atoms with Crippen LogP contribution in [0.4, 0.5) is 0 Å². The third-order valence-electron chi connectivity index (χ3n) is 1.45. The molecule has 49 valence electrons. The molecule has 2 heteroatoms. The van der Waals surface area contributed by atoms with Gasteiger partial charge >= 0.3 is 0 Å². The van der Waals surface area contributed by atoms with Gasteiger partial charge in [0.15, 0.2) is 12.4 Å². The Morgan fingerprint density at radius 3 is 3.20 bits per heavy atom. The van der Waals surface area contributed by atoms with Crippen LogP contribution in [0.3, 0.4) is 0 Å². The van der Waals surface area contributed by atoms with Gasteiger partial charge in [-0.05, 0) is 11.4 Å². The molecule has 1 nitrogen and oxygen atoms in total. The molecule has 2 aromatic rings. The van der Waals surface area contributed by atoms with Crippen molar-refractivity contribution in [3.63, 3.8) is 0 Å². The Morgan fingerprint density at radius 1 is 1.40 bits per heavy atom. The van der Waals surface area contributed by atoms with Crippen molar-refractivity contribution in [1.82, 2.24) is 0 Å². The molecule has 0 fully saturated rings. The Balaban J connectivity index is 2.86. The molecule has 0 saturated heterocycles. The topological polar surface area (TPSA) is 3.88 Å². The first kappa shape index (κ1) is 5.86. The average Bonchev–Trinajstić information content (AvgIpc) is 2.33. The van der Waals surface area contributed by atoms with E-state index in [1.807, 2.05) is 17.0 Å². The maximum atomic E-state index is 3.77. The van der Waals surface area contributed by atoms with Crippen LogP contribution in [0, 0.1) is 7.05 Å². The molecule has 2 aromatic heterocycles. The van der Waals surface area contributed by atoms with Crippen LogP contribution in [0.1, 0.15) is 0 Å². The van der Waals surface area contributed by atoms with Gasteiger partial charge in [-0.25, -0.2) is 0 Å². The molecule has 0 aliphatic carbocycles. The number of aromatic nitrogens is 1. The molecule has 0 unspecified atom stereocenters. The van der Waals surface area contributed by atoms with E-state index in [1.54, 1.807) is 11.3 Å². The Kier molecular flexibility index (Phi) is 1.21. The molecule has 0 amide bonds. The fourth-order valence-electron chi connectivity index (χ4n) is 0.958. The Bertz CT molecular complexity index is 351. The largest absolute Gasteiger partial charge is 0.206 e. The van der Waals surface area contributed by atoms with E-state index in [4.69, 9.17) is 0 Å². The maximum absolute atomic E-state index is 3.77. The average molecular weight is 149 g/mol.